The lowest BCUT2D eigenvalue weighted by Crippen LogP contribution is -2.40. The molecule has 0 aromatic carbocycles. The maximum absolute atomic E-state index is 11.4. The zero-order valence-corrected chi connectivity index (χ0v) is 11.1. The van der Waals surface area contributed by atoms with Crippen molar-refractivity contribution in [3.05, 3.63) is 0 Å². The summed E-state index contributed by atoms with van der Waals surface area (Å²) in [6.07, 6.45) is 7.76. The van der Waals surface area contributed by atoms with Crippen LogP contribution in [-0.4, -0.2) is 38.3 Å². The Morgan fingerprint density at radius 1 is 1.35 bits per heavy atom. The summed E-state index contributed by atoms with van der Waals surface area (Å²) in [4.78, 5) is 11.4. The number of ether oxygens (including phenoxy) is 1. The summed E-state index contributed by atoms with van der Waals surface area (Å²) in [6, 6.07) is -0.116. The number of rotatable bonds is 7. The van der Waals surface area contributed by atoms with Crippen LogP contribution in [0.5, 0.6) is 0 Å². The summed E-state index contributed by atoms with van der Waals surface area (Å²) in [5, 5.41) is 5.80. The van der Waals surface area contributed by atoms with E-state index in [9.17, 15) is 4.79 Å². The van der Waals surface area contributed by atoms with Crippen LogP contribution in [0.15, 0.2) is 0 Å². The maximum Gasteiger partial charge on any atom is 0.236 e. The molecular weight excluding hydrogens is 216 g/mol. The first-order valence-corrected chi connectivity index (χ1v) is 6.80. The summed E-state index contributed by atoms with van der Waals surface area (Å²) in [5.41, 5.74) is 0. The van der Waals surface area contributed by atoms with Crippen molar-refractivity contribution in [2.75, 3.05) is 20.2 Å². The van der Waals surface area contributed by atoms with Gasteiger partial charge in [0.1, 0.15) is 0 Å². The fourth-order valence-electron chi connectivity index (χ4n) is 2.05. The second-order valence-corrected chi connectivity index (χ2v) is 4.79. The van der Waals surface area contributed by atoms with Crippen molar-refractivity contribution in [2.24, 2.45) is 0 Å². The molecule has 0 saturated heterocycles. The monoisotopic (exact) mass is 242 g/mol. The molecule has 1 saturated carbocycles. The Hall–Kier alpha value is -0.610. The van der Waals surface area contributed by atoms with Crippen molar-refractivity contribution in [3.63, 3.8) is 0 Å². The number of likely N-dealkylation sites (N-methyl/N-ethyl adjacent to an activating group) is 1. The van der Waals surface area contributed by atoms with Crippen LogP contribution in [0, 0.1) is 0 Å². The van der Waals surface area contributed by atoms with Gasteiger partial charge in [-0.05, 0) is 33.2 Å². The highest BCUT2D eigenvalue weighted by molar-refractivity contribution is 5.81. The van der Waals surface area contributed by atoms with Crippen molar-refractivity contribution >= 4 is 5.91 Å². The first-order valence-electron chi connectivity index (χ1n) is 6.80. The second-order valence-electron chi connectivity index (χ2n) is 4.79. The molecule has 0 radical (unpaired) electrons. The van der Waals surface area contributed by atoms with E-state index >= 15 is 0 Å². The summed E-state index contributed by atoms with van der Waals surface area (Å²) in [6.45, 7) is 3.32. The third kappa shape index (κ3) is 6.03. The molecule has 0 bridgehead atoms. The van der Waals surface area contributed by atoms with Crippen LogP contribution in [0.2, 0.25) is 0 Å². The third-order valence-electron chi connectivity index (χ3n) is 3.35. The van der Waals surface area contributed by atoms with Crippen LogP contribution in [0.4, 0.5) is 0 Å². The SMILES string of the molecule is CNC(C)C(=O)NCCCOC1CCCCC1. The fraction of sp³-hybridized carbons (Fsp3) is 0.923. The quantitative estimate of drug-likeness (QED) is 0.664. The van der Waals surface area contributed by atoms with Gasteiger partial charge in [-0.2, -0.15) is 0 Å². The van der Waals surface area contributed by atoms with Gasteiger partial charge in [-0.3, -0.25) is 4.79 Å². The first kappa shape index (κ1) is 14.5. The predicted molar refractivity (Wildman–Crippen MR) is 69.0 cm³/mol. The minimum Gasteiger partial charge on any atom is -0.378 e. The van der Waals surface area contributed by atoms with Gasteiger partial charge in [-0.25, -0.2) is 0 Å². The van der Waals surface area contributed by atoms with E-state index in [1.54, 1.807) is 7.05 Å². The summed E-state index contributed by atoms with van der Waals surface area (Å²) in [7, 11) is 1.79. The smallest absolute Gasteiger partial charge is 0.236 e. The van der Waals surface area contributed by atoms with Gasteiger partial charge < -0.3 is 15.4 Å². The van der Waals surface area contributed by atoms with Gasteiger partial charge in [0.25, 0.3) is 0 Å². The first-order chi connectivity index (χ1) is 8.24. The van der Waals surface area contributed by atoms with Crippen molar-refractivity contribution in [3.8, 4) is 0 Å². The highest BCUT2D eigenvalue weighted by Gasteiger charge is 2.13. The zero-order chi connectivity index (χ0) is 12.5. The summed E-state index contributed by atoms with van der Waals surface area (Å²) in [5.74, 6) is 0.0603. The average molecular weight is 242 g/mol. The van der Waals surface area contributed by atoms with E-state index in [2.05, 4.69) is 10.6 Å². The Kier molecular flexibility index (Phi) is 7.21. The highest BCUT2D eigenvalue weighted by Crippen LogP contribution is 2.20. The van der Waals surface area contributed by atoms with Crippen molar-refractivity contribution in [2.45, 2.75) is 57.6 Å². The van der Waals surface area contributed by atoms with E-state index in [1.807, 2.05) is 6.92 Å². The maximum atomic E-state index is 11.4. The van der Waals surface area contributed by atoms with Gasteiger partial charge in [0.15, 0.2) is 0 Å². The molecular formula is C13H26N2O2. The van der Waals surface area contributed by atoms with Crippen molar-refractivity contribution in [1.29, 1.82) is 0 Å². The molecule has 1 fully saturated rings. The number of nitrogens with one attached hydrogen (secondary N) is 2. The standard InChI is InChI=1S/C13H26N2O2/c1-11(14-2)13(16)15-9-6-10-17-12-7-4-3-5-8-12/h11-12,14H,3-10H2,1-2H3,(H,15,16). The molecule has 0 aliphatic heterocycles. The van der Waals surface area contributed by atoms with Gasteiger partial charge >= 0.3 is 0 Å². The Morgan fingerprint density at radius 3 is 2.71 bits per heavy atom. The molecule has 100 valence electrons. The molecule has 17 heavy (non-hydrogen) atoms. The number of hydrogen-bond donors (Lipinski definition) is 2. The Balaban J connectivity index is 1.95. The van der Waals surface area contributed by atoms with Crippen molar-refractivity contribution < 1.29 is 9.53 Å². The predicted octanol–water partition coefficient (Wildman–Crippen LogP) is 1.45. The third-order valence-corrected chi connectivity index (χ3v) is 3.35. The molecule has 1 amide bonds. The fourth-order valence-corrected chi connectivity index (χ4v) is 2.05. The van der Waals surface area contributed by atoms with Gasteiger partial charge in [-0.15, -0.1) is 0 Å². The summed E-state index contributed by atoms with van der Waals surface area (Å²) < 4.78 is 5.78. The lowest BCUT2D eigenvalue weighted by Gasteiger charge is -2.22. The van der Waals surface area contributed by atoms with E-state index < -0.39 is 0 Å². The lowest BCUT2D eigenvalue weighted by molar-refractivity contribution is -0.122. The van der Waals surface area contributed by atoms with Crippen LogP contribution >= 0.6 is 0 Å². The average Bonchev–Trinajstić information content (AvgIpc) is 2.38. The van der Waals surface area contributed by atoms with Crippen LogP contribution < -0.4 is 10.6 Å². The molecule has 4 nitrogen and oxygen atoms in total. The molecule has 1 aliphatic rings. The second kappa shape index (κ2) is 8.48. The minimum absolute atomic E-state index is 0.0603. The van der Waals surface area contributed by atoms with E-state index in [0.29, 0.717) is 12.6 Å². The topological polar surface area (TPSA) is 50.4 Å². The molecule has 1 rings (SSSR count). The molecule has 0 spiro atoms. The Labute approximate surface area is 104 Å². The molecule has 1 aliphatic carbocycles. The highest BCUT2D eigenvalue weighted by atomic mass is 16.5. The van der Waals surface area contributed by atoms with Crippen molar-refractivity contribution in [1.82, 2.24) is 10.6 Å². The van der Waals surface area contributed by atoms with Crippen LogP contribution in [-0.2, 0) is 9.53 Å². The Morgan fingerprint density at radius 2 is 2.06 bits per heavy atom. The Bertz CT molecular complexity index is 215. The molecule has 0 heterocycles. The van der Waals surface area contributed by atoms with E-state index in [0.717, 1.165) is 13.0 Å². The number of hydrogen-bond acceptors (Lipinski definition) is 3. The minimum atomic E-state index is -0.116. The lowest BCUT2D eigenvalue weighted by atomic mass is 9.98. The molecule has 0 aromatic rings. The van der Waals surface area contributed by atoms with Crippen LogP contribution in [0.1, 0.15) is 45.4 Å². The molecule has 0 aromatic heterocycles. The number of carbonyl (C=O) groups is 1. The van der Waals surface area contributed by atoms with Gasteiger partial charge in [0, 0.05) is 13.2 Å². The van der Waals surface area contributed by atoms with E-state index in [4.69, 9.17) is 4.74 Å². The molecule has 2 N–H and O–H groups in total. The largest absolute Gasteiger partial charge is 0.378 e. The number of amides is 1. The van der Waals surface area contributed by atoms with E-state index in [-0.39, 0.29) is 11.9 Å². The van der Waals surface area contributed by atoms with Crippen LogP contribution in [0.3, 0.4) is 0 Å². The summed E-state index contributed by atoms with van der Waals surface area (Å²) >= 11 is 0. The molecule has 1 unspecified atom stereocenters. The normalized spacial score (nSPS) is 18.9. The van der Waals surface area contributed by atoms with Gasteiger partial charge in [-0.1, -0.05) is 19.3 Å². The van der Waals surface area contributed by atoms with Gasteiger partial charge in [0.2, 0.25) is 5.91 Å². The van der Waals surface area contributed by atoms with Gasteiger partial charge in [0.05, 0.1) is 12.1 Å². The number of carbonyl (C=O) groups excluding carboxylic acids is 1. The van der Waals surface area contributed by atoms with E-state index in [1.165, 1.54) is 32.1 Å². The molecule has 4 heteroatoms. The zero-order valence-electron chi connectivity index (χ0n) is 11.1. The van der Waals surface area contributed by atoms with Crippen LogP contribution in [0.25, 0.3) is 0 Å². The molecule has 1 atom stereocenters.